The second-order valence-electron chi connectivity index (χ2n) is 3.78. The topological polar surface area (TPSA) is 116 Å². The van der Waals surface area contributed by atoms with E-state index in [-0.39, 0.29) is 36.9 Å². The SMILES string of the molecule is CCOC(=O)N[C@@H](Cc1ccc(O)c(O)c1)C(=O)O.Cl. The van der Waals surface area contributed by atoms with Gasteiger partial charge in [-0.3, -0.25) is 0 Å². The van der Waals surface area contributed by atoms with Crippen molar-refractivity contribution in [3.63, 3.8) is 0 Å². The van der Waals surface area contributed by atoms with Crippen LogP contribution in [0.4, 0.5) is 4.79 Å². The number of nitrogens with one attached hydrogen (secondary N) is 1. The summed E-state index contributed by atoms with van der Waals surface area (Å²) in [6.45, 7) is 1.74. The molecule has 0 saturated carbocycles. The number of carbonyl (C=O) groups is 2. The van der Waals surface area contributed by atoms with E-state index in [1.807, 2.05) is 0 Å². The van der Waals surface area contributed by atoms with Gasteiger partial charge in [-0.2, -0.15) is 0 Å². The Morgan fingerprint density at radius 3 is 2.45 bits per heavy atom. The van der Waals surface area contributed by atoms with Crippen molar-refractivity contribution in [2.45, 2.75) is 19.4 Å². The molecule has 0 bridgehead atoms. The minimum atomic E-state index is -1.22. The van der Waals surface area contributed by atoms with Gasteiger partial charge in [0.25, 0.3) is 0 Å². The molecule has 1 amide bonds. The van der Waals surface area contributed by atoms with Gasteiger partial charge in [0.05, 0.1) is 6.61 Å². The number of rotatable bonds is 5. The van der Waals surface area contributed by atoms with E-state index in [2.05, 4.69) is 10.1 Å². The Morgan fingerprint density at radius 2 is 1.95 bits per heavy atom. The maximum atomic E-state index is 11.2. The van der Waals surface area contributed by atoms with Gasteiger partial charge >= 0.3 is 12.1 Å². The van der Waals surface area contributed by atoms with Gasteiger partial charge in [0, 0.05) is 6.42 Å². The quantitative estimate of drug-likeness (QED) is 0.609. The van der Waals surface area contributed by atoms with Crippen LogP contribution in [0.15, 0.2) is 18.2 Å². The van der Waals surface area contributed by atoms with Crippen LogP contribution in [0.25, 0.3) is 0 Å². The maximum absolute atomic E-state index is 11.2. The van der Waals surface area contributed by atoms with Crippen molar-refractivity contribution in [2.75, 3.05) is 6.61 Å². The molecule has 0 spiro atoms. The van der Waals surface area contributed by atoms with Gasteiger partial charge in [-0.05, 0) is 24.6 Å². The minimum absolute atomic E-state index is 0. The number of halogens is 1. The van der Waals surface area contributed by atoms with E-state index < -0.39 is 18.1 Å². The monoisotopic (exact) mass is 305 g/mol. The van der Waals surface area contributed by atoms with Gasteiger partial charge in [0.15, 0.2) is 11.5 Å². The molecule has 1 atom stereocenters. The first-order valence-electron chi connectivity index (χ1n) is 5.61. The number of amides is 1. The predicted octanol–water partition coefficient (Wildman–Crippen LogP) is 1.26. The van der Waals surface area contributed by atoms with Crippen molar-refractivity contribution < 1.29 is 29.6 Å². The molecule has 0 aromatic heterocycles. The van der Waals surface area contributed by atoms with E-state index in [1.54, 1.807) is 6.92 Å². The maximum Gasteiger partial charge on any atom is 0.407 e. The second kappa shape index (κ2) is 8.11. The summed E-state index contributed by atoms with van der Waals surface area (Å²) in [6.07, 6.45) is -0.861. The van der Waals surface area contributed by atoms with Crippen LogP contribution >= 0.6 is 12.4 Å². The third-order valence-corrected chi connectivity index (χ3v) is 2.35. The molecule has 0 aliphatic rings. The number of hydrogen-bond donors (Lipinski definition) is 4. The highest BCUT2D eigenvalue weighted by atomic mass is 35.5. The molecule has 112 valence electrons. The van der Waals surface area contributed by atoms with Crippen LogP contribution in [0.2, 0.25) is 0 Å². The number of carbonyl (C=O) groups excluding carboxylic acids is 1. The van der Waals surface area contributed by atoms with Crippen molar-refractivity contribution >= 4 is 24.5 Å². The fraction of sp³-hybridized carbons (Fsp3) is 0.333. The van der Waals surface area contributed by atoms with E-state index >= 15 is 0 Å². The van der Waals surface area contributed by atoms with E-state index in [0.717, 1.165) is 0 Å². The summed E-state index contributed by atoms with van der Waals surface area (Å²) in [4.78, 5) is 22.2. The summed E-state index contributed by atoms with van der Waals surface area (Å²) >= 11 is 0. The lowest BCUT2D eigenvalue weighted by Gasteiger charge is -2.14. The first kappa shape index (κ1) is 17.8. The molecule has 20 heavy (non-hydrogen) atoms. The highest BCUT2D eigenvalue weighted by molar-refractivity contribution is 5.85. The van der Waals surface area contributed by atoms with E-state index in [1.165, 1.54) is 18.2 Å². The number of aliphatic carboxylic acids is 1. The lowest BCUT2D eigenvalue weighted by molar-refractivity contribution is -0.139. The zero-order chi connectivity index (χ0) is 14.4. The molecule has 8 heteroatoms. The van der Waals surface area contributed by atoms with Crippen LogP contribution < -0.4 is 5.32 Å². The van der Waals surface area contributed by atoms with Crippen molar-refractivity contribution in [3.05, 3.63) is 23.8 Å². The van der Waals surface area contributed by atoms with Gasteiger partial charge in [-0.15, -0.1) is 12.4 Å². The van der Waals surface area contributed by atoms with Crippen LogP contribution in [0, 0.1) is 0 Å². The number of hydrogen-bond acceptors (Lipinski definition) is 5. The molecule has 0 fully saturated rings. The van der Waals surface area contributed by atoms with E-state index in [9.17, 15) is 14.7 Å². The Morgan fingerprint density at radius 1 is 1.30 bits per heavy atom. The standard InChI is InChI=1S/C12H15NO6.ClH/c1-2-19-12(18)13-8(11(16)17)5-7-3-4-9(14)10(15)6-7;/h3-4,6,8,14-15H,2,5H2,1H3,(H,13,18)(H,16,17);1H/t8-;/m0./s1. The lowest BCUT2D eigenvalue weighted by Crippen LogP contribution is -2.42. The third kappa shape index (κ3) is 5.23. The Bertz CT molecular complexity index is 479. The fourth-order valence-electron chi connectivity index (χ4n) is 1.45. The number of phenols is 2. The predicted molar refractivity (Wildman–Crippen MR) is 72.3 cm³/mol. The third-order valence-electron chi connectivity index (χ3n) is 2.35. The molecule has 4 N–H and O–H groups in total. The molecule has 0 aliphatic carbocycles. The number of benzene rings is 1. The molecule has 1 aromatic rings. The molecule has 0 heterocycles. The second-order valence-corrected chi connectivity index (χ2v) is 3.78. The van der Waals surface area contributed by atoms with Crippen LogP contribution in [-0.4, -0.2) is 40.0 Å². The zero-order valence-corrected chi connectivity index (χ0v) is 11.5. The number of carboxylic acid groups (broad SMARTS) is 1. The smallest absolute Gasteiger partial charge is 0.407 e. The van der Waals surface area contributed by atoms with Crippen LogP contribution in [0.1, 0.15) is 12.5 Å². The van der Waals surface area contributed by atoms with Crippen molar-refractivity contribution in [1.82, 2.24) is 5.32 Å². The lowest BCUT2D eigenvalue weighted by atomic mass is 10.1. The minimum Gasteiger partial charge on any atom is -0.504 e. The fourth-order valence-corrected chi connectivity index (χ4v) is 1.45. The van der Waals surface area contributed by atoms with Gasteiger partial charge in [0.2, 0.25) is 0 Å². The highest BCUT2D eigenvalue weighted by Crippen LogP contribution is 2.25. The van der Waals surface area contributed by atoms with Crippen molar-refractivity contribution in [2.24, 2.45) is 0 Å². The summed E-state index contributed by atoms with van der Waals surface area (Å²) < 4.78 is 4.60. The Hall–Kier alpha value is -2.15. The first-order valence-corrected chi connectivity index (χ1v) is 5.61. The summed E-state index contributed by atoms with van der Waals surface area (Å²) in [5, 5.41) is 29.6. The van der Waals surface area contributed by atoms with Crippen LogP contribution in [-0.2, 0) is 16.0 Å². The van der Waals surface area contributed by atoms with Gasteiger partial charge in [0.1, 0.15) is 6.04 Å². The molecule has 1 rings (SSSR count). The molecular weight excluding hydrogens is 290 g/mol. The largest absolute Gasteiger partial charge is 0.504 e. The molecular formula is C12H16ClNO6. The van der Waals surface area contributed by atoms with Crippen LogP contribution in [0.3, 0.4) is 0 Å². The summed E-state index contributed by atoms with van der Waals surface area (Å²) in [7, 11) is 0. The van der Waals surface area contributed by atoms with Gasteiger partial charge in [-0.25, -0.2) is 9.59 Å². The molecule has 0 unspecified atom stereocenters. The summed E-state index contributed by atoms with van der Waals surface area (Å²) in [5.41, 5.74) is 0.458. The molecule has 0 saturated heterocycles. The Balaban J connectivity index is 0.00000361. The van der Waals surface area contributed by atoms with Gasteiger partial charge in [-0.1, -0.05) is 6.07 Å². The average molecular weight is 306 g/mol. The average Bonchev–Trinajstić information content (AvgIpc) is 2.33. The Kier molecular flexibility index (Phi) is 7.24. The molecule has 0 aliphatic heterocycles. The molecule has 1 aromatic carbocycles. The zero-order valence-electron chi connectivity index (χ0n) is 10.7. The molecule has 7 nitrogen and oxygen atoms in total. The summed E-state index contributed by atoms with van der Waals surface area (Å²) in [6, 6.07) is 2.76. The summed E-state index contributed by atoms with van der Waals surface area (Å²) in [5.74, 6) is -1.87. The number of alkyl carbamates (subject to hydrolysis) is 1. The van der Waals surface area contributed by atoms with E-state index in [4.69, 9.17) is 10.2 Å². The van der Waals surface area contributed by atoms with E-state index in [0.29, 0.717) is 5.56 Å². The van der Waals surface area contributed by atoms with Crippen molar-refractivity contribution in [1.29, 1.82) is 0 Å². The van der Waals surface area contributed by atoms with Crippen LogP contribution in [0.5, 0.6) is 11.5 Å². The number of ether oxygens (including phenoxy) is 1. The normalized spacial score (nSPS) is 11.1. The van der Waals surface area contributed by atoms with Gasteiger partial charge < -0.3 is 25.4 Å². The number of aromatic hydroxyl groups is 2. The molecule has 0 radical (unpaired) electrons. The number of carboxylic acids is 1. The number of phenolic OH excluding ortho intramolecular Hbond substituents is 2. The highest BCUT2D eigenvalue weighted by Gasteiger charge is 2.21. The Labute approximate surface area is 121 Å². The first-order chi connectivity index (χ1) is 8.93. The van der Waals surface area contributed by atoms with Crippen molar-refractivity contribution in [3.8, 4) is 11.5 Å².